The Balaban J connectivity index is 2.10. The molecule has 0 amide bonds. The van der Waals surface area contributed by atoms with Gasteiger partial charge in [-0.3, -0.25) is 4.90 Å². The van der Waals surface area contributed by atoms with Gasteiger partial charge in [-0.05, 0) is 26.1 Å². The molecule has 0 fully saturated rings. The maximum atomic E-state index is 5.85. The van der Waals surface area contributed by atoms with Gasteiger partial charge in [0.25, 0.3) is 0 Å². The summed E-state index contributed by atoms with van der Waals surface area (Å²) in [5.41, 5.74) is 7.97. The van der Waals surface area contributed by atoms with Gasteiger partial charge in [-0.1, -0.05) is 6.07 Å². The molecule has 18 heavy (non-hydrogen) atoms. The summed E-state index contributed by atoms with van der Waals surface area (Å²) in [6.45, 7) is 3.49. The van der Waals surface area contributed by atoms with E-state index in [4.69, 9.17) is 14.9 Å². The lowest BCUT2D eigenvalue weighted by Crippen LogP contribution is -2.28. The third kappa shape index (κ3) is 2.80. The average Bonchev–Trinajstić information content (AvgIpc) is 2.72. The summed E-state index contributed by atoms with van der Waals surface area (Å²) in [4.78, 5) is 6.52. The topological polar surface area (TPSA) is 64.5 Å². The number of benzene rings is 1. The Labute approximate surface area is 107 Å². The normalized spacial score (nSPS) is 13.3. The summed E-state index contributed by atoms with van der Waals surface area (Å²) in [6.07, 6.45) is 0.185. The Bertz CT molecular complexity index is 524. The molecule has 1 aromatic carbocycles. The number of hydrogen-bond donors (Lipinski definition) is 1. The van der Waals surface area contributed by atoms with E-state index in [2.05, 4.69) is 9.88 Å². The first-order chi connectivity index (χ1) is 8.60. The molecule has 0 aliphatic heterocycles. The second-order valence-corrected chi connectivity index (χ2v) is 4.54. The van der Waals surface area contributed by atoms with Gasteiger partial charge in [0.05, 0.1) is 18.3 Å². The average molecular weight is 249 g/mol. The van der Waals surface area contributed by atoms with Crippen molar-refractivity contribution in [1.29, 1.82) is 0 Å². The van der Waals surface area contributed by atoms with Crippen molar-refractivity contribution in [2.45, 2.75) is 19.6 Å². The van der Waals surface area contributed by atoms with Crippen molar-refractivity contribution < 1.29 is 9.15 Å². The van der Waals surface area contributed by atoms with Crippen molar-refractivity contribution in [2.24, 2.45) is 0 Å². The van der Waals surface area contributed by atoms with Gasteiger partial charge < -0.3 is 14.9 Å². The van der Waals surface area contributed by atoms with Crippen molar-refractivity contribution in [1.82, 2.24) is 9.88 Å². The number of methoxy groups -OCH3 is 1. The third-order valence-electron chi connectivity index (χ3n) is 2.87. The molecule has 2 N–H and O–H groups in total. The van der Waals surface area contributed by atoms with Crippen LogP contribution >= 0.6 is 0 Å². The number of rotatable bonds is 5. The summed E-state index contributed by atoms with van der Waals surface area (Å²) in [5, 5.41) is 0. The molecule has 2 rings (SSSR count). The predicted molar refractivity (Wildman–Crippen MR) is 71.2 cm³/mol. The van der Waals surface area contributed by atoms with E-state index >= 15 is 0 Å². The number of ether oxygens (including phenoxy) is 1. The second kappa shape index (κ2) is 5.37. The molecule has 1 unspecified atom stereocenters. The van der Waals surface area contributed by atoms with Crippen LogP contribution in [0.5, 0.6) is 0 Å². The van der Waals surface area contributed by atoms with E-state index in [-0.39, 0.29) is 6.10 Å². The number of nitrogen functional groups attached to an aromatic ring is 1. The molecule has 5 nitrogen and oxygen atoms in total. The minimum atomic E-state index is 0.185. The van der Waals surface area contributed by atoms with Gasteiger partial charge >= 0.3 is 0 Å². The molecule has 0 bridgehead atoms. The van der Waals surface area contributed by atoms with Crippen LogP contribution in [0.1, 0.15) is 12.8 Å². The Morgan fingerprint density at radius 2 is 2.28 bits per heavy atom. The second-order valence-electron chi connectivity index (χ2n) is 4.54. The molecule has 1 atom stereocenters. The first-order valence-corrected chi connectivity index (χ1v) is 5.95. The lowest BCUT2D eigenvalue weighted by molar-refractivity contribution is 0.0813. The number of fused-ring (bicyclic) bond motifs is 1. The number of para-hydroxylation sites is 1. The summed E-state index contributed by atoms with van der Waals surface area (Å²) in [7, 11) is 3.71. The standard InChI is InChI=1S/C13H19N3O2/c1-9(17-3)7-16(2)8-12-15-13-10(14)5-4-6-11(13)18-12/h4-6,9H,7-8,14H2,1-3H3. The highest BCUT2D eigenvalue weighted by Crippen LogP contribution is 2.21. The smallest absolute Gasteiger partial charge is 0.209 e. The molecule has 1 heterocycles. The molecule has 1 aromatic heterocycles. The van der Waals surface area contributed by atoms with E-state index in [9.17, 15) is 0 Å². The van der Waals surface area contributed by atoms with Crippen LogP contribution in [0.2, 0.25) is 0 Å². The number of nitrogens with two attached hydrogens (primary N) is 1. The lowest BCUT2D eigenvalue weighted by atomic mass is 10.3. The molecular weight excluding hydrogens is 230 g/mol. The summed E-state index contributed by atoms with van der Waals surface area (Å²) in [6, 6.07) is 5.56. The quantitative estimate of drug-likeness (QED) is 0.820. The van der Waals surface area contributed by atoms with E-state index < -0.39 is 0 Å². The van der Waals surface area contributed by atoms with E-state index in [0.717, 1.165) is 17.6 Å². The van der Waals surface area contributed by atoms with Gasteiger partial charge in [0, 0.05) is 13.7 Å². The number of likely N-dealkylation sites (N-methyl/N-ethyl adjacent to an activating group) is 1. The molecule has 2 aromatic rings. The zero-order chi connectivity index (χ0) is 13.1. The molecule has 98 valence electrons. The third-order valence-corrected chi connectivity index (χ3v) is 2.87. The van der Waals surface area contributed by atoms with Crippen LogP contribution in [0.3, 0.4) is 0 Å². The summed E-state index contributed by atoms with van der Waals surface area (Å²) in [5.74, 6) is 0.675. The van der Waals surface area contributed by atoms with E-state index in [1.165, 1.54) is 0 Å². The van der Waals surface area contributed by atoms with Crippen LogP contribution in [0.25, 0.3) is 11.1 Å². The summed E-state index contributed by atoms with van der Waals surface area (Å²) >= 11 is 0. The van der Waals surface area contributed by atoms with Crippen LogP contribution in [-0.4, -0.2) is 36.7 Å². The fraction of sp³-hybridized carbons (Fsp3) is 0.462. The van der Waals surface area contributed by atoms with Crippen molar-refractivity contribution in [2.75, 3.05) is 26.4 Å². The van der Waals surface area contributed by atoms with E-state index in [1.807, 2.05) is 32.2 Å². The molecular formula is C13H19N3O2. The molecule has 0 aliphatic rings. The van der Waals surface area contributed by atoms with Crippen LogP contribution in [0.4, 0.5) is 5.69 Å². The van der Waals surface area contributed by atoms with Crippen LogP contribution in [-0.2, 0) is 11.3 Å². The number of hydrogen-bond acceptors (Lipinski definition) is 5. The van der Waals surface area contributed by atoms with Gasteiger partial charge in [-0.25, -0.2) is 4.98 Å². The zero-order valence-corrected chi connectivity index (χ0v) is 11.0. The van der Waals surface area contributed by atoms with Crippen molar-refractivity contribution in [3.8, 4) is 0 Å². The van der Waals surface area contributed by atoms with Crippen molar-refractivity contribution >= 4 is 16.8 Å². The minimum Gasteiger partial charge on any atom is -0.439 e. The minimum absolute atomic E-state index is 0.185. The first-order valence-electron chi connectivity index (χ1n) is 5.95. The van der Waals surface area contributed by atoms with Crippen molar-refractivity contribution in [3.05, 3.63) is 24.1 Å². The lowest BCUT2D eigenvalue weighted by Gasteiger charge is -2.18. The number of anilines is 1. The zero-order valence-electron chi connectivity index (χ0n) is 11.0. The molecule has 0 radical (unpaired) electrons. The summed E-state index contributed by atoms with van der Waals surface area (Å²) < 4.78 is 10.9. The van der Waals surface area contributed by atoms with E-state index in [1.54, 1.807) is 7.11 Å². The van der Waals surface area contributed by atoms with E-state index in [0.29, 0.717) is 18.1 Å². The highest BCUT2D eigenvalue weighted by molar-refractivity contribution is 5.85. The Kier molecular flexibility index (Phi) is 3.84. The van der Waals surface area contributed by atoms with Crippen LogP contribution in [0.15, 0.2) is 22.6 Å². The Morgan fingerprint density at radius 1 is 1.50 bits per heavy atom. The molecule has 0 saturated carbocycles. The SMILES string of the molecule is COC(C)CN(C)Cc1nc2c(N)cccc2o1. The molecule has 0 spiro atoms. The maximum absolute atomic E-state index is 5.85. The Morgan fingerprint density at radius 3 is 2.94 bits per heavy atom. The first kappa shape index (κ1) is 12.9. The van der Waals surface area contributed by atoms with Gasteiger partial charge in [0.1, 0.15) is 5.52 Å². The highest BCUT2D eigenvalue weighted by Gasteiger charge is 2.11. The van der Waals surface area contributed by atoms with Gasteiger partial charge in [0.2, 0.25) is 5.89 Å². The van der Waals surface area contributed by atoms with Gasteiger partial charge in [-0.2, -0.15) is 0 Å². The van der Waals surface area contributed by atoms with Gasteiger partial charge in [-0.15, -0.1) is 0 Å². The van der Waals surface area contributed by atoms with Gasteiger partial charge in [0.15, 0.2) is 5.58 Å². The van der Waals surface area contributed by atoms with Crippen LogP contribution in [0, 0.1) is 0 Å². The maximum Gasteiger partial charge on any atom is 0.209 e. The molecule has 5 heteroatoms. The monoisotopic (exact) mass is 249 g/mol. The number of aromatic nitrogens is 1. The molecule has 0 saturated heterocycles. The largest absolute Gasteiger partial charge is 0.439 e. The predicted octanol–water partition coefficient (Wildman–Crippen LogP) is 1.88. The van der Waals surface area contributed by atoms with Crippen molar-refractivity contribution in [3.63, 3.8) is 0 Å². The Hall–Kier alpha value is -1.59. The van der Waals surface area contributed by atoms with Crippen LogP contribution < -0.4 is 5.73 Å². The fourth-order valence-electron chi connectivity index (χ4n) is 1.89. The highest BCUT2D eigenvalue weighted by atomic mass is 16.5. The number of nitrogens with zero attached hydrogens (tertiary/aromatic N) is 2. The number of oxazole rings is 1. The fourth-order valence-corrected chi connectivity index (χ4v) is 1.89. The molecule has 0 aliphatic carbocycles.